The molecule has 0 unspecified atom stereocenters. The molecular weight excluding hydrogens is 314 g/mol. The summed E-state index contributed by atoms with van der Waals surface area (Å²) >= 11 is 10.8. The first kappa shape index (κ1) is 17.2. The number of carbonyl (C=O) groups excluding carboxylic acids is 2. The highest BCUT2D eigenvalue weighted by Crippen LogP contribution is 2.12. The molecule has 6 nitrogen and oxygen atoms in total. The number of amides is 1. The minimum atomic E-state index is -0.408. The van der Waals surface area contributed by atoms with E-state index in [4.69, 9.17) is 28.6 Å². The monoisotopic (exact) mass is 329 g/mol. The zero-order valence-corrected chi connectivity index (χ0v) is 13.0. The number of hydrogen-bond acceptors (Lipinski definition) is 4. The number of halogens is 1. The summed E-state index contributed by atoms with van der Waals surface area (Å²) in [5.74, 6) is -0.766. The van der Waals surface area contributed by atoms with Gasteiger partial charge < -0.3 is 10.1 Å². The first-order chi connectivity index (χ1) is 10.0. The van der Waals surface area contributed by atoms with Crippen molar-refractivity contribution in [3.8, 4) is 0 Å². The van der Waals surface area contributed by atoms with E-state index in [1.807, 2.05) is 0 Å². The van der Waals surface area contributed by atoms with Gasteiger partial charge >= 0.3 is 5.97 Å². The number of thiocarbonyl (C=S) groups is 1. The fraction of sp³-hybridized carbons (Fsp3) is 0.308. The van der Waals surface area contributed by atoms with Crippen LogP contribution in [0.1, 0.15) is 19.8 Å². The topological polar surface area (TPSA) is 79.5 Å². The fourth-order valence-corrected chi connectivity index (χ4v) is 1.63. The van der Waals surface area contributed by atoms with Crippen LogP contribution < -0.4 is 16.2 Å². The molecule has 0 saturated carbocycles. The van der Waals surface area contributed by atoms with Crippen LogP contribution in [0.2, 0.25) is 5.02 Å². The van der Waals surface area contributed by atoms with Crippen molar-refractivity contribution in [1.82, 2.24) is 10.9 Å². The molecule has 0 spiro atoms. The van der Waals surface area contributed by atoms with Gasteiger partial charge in [0.15, 0.2) is 5.11 Å². The molecule has 0 bridgehead atoms. The summed E-state index contributed by atoms with van der Waals surface area (Å²) in [4.78, 5) is 22.5. The largest absolute Gasteiger partial charge is 0.466 e. The van der Waals surface area contributed by atoms with Gasteiger partial charge in [-0.15, -0.1) is 0 Å². The SMILES string of the molecule is CCOC(=O)CCC(=O)NNC(=S)Nc1ccc(Cl)cc1. The Morgan fingerprint density at radius 1 is 1.19 bits per heavy atom. The zero-order valence-electron chi connectivity index (χ0n) is 11.4. The third-order valence-electron chi connectivity index (χ3n) is 2.28. The Labute approximate surface area is 133 Å². The predicted octanol–water partition coefficient (Wildman–Crippen LogP) is 2.00. The van der Waals surface area contributed by atoms with Crippen LogP contribution in [-0.4, -0.2) is 23.6 Å². The van der Waals surface area contributed by atoms with Crippen LogP contribution >= 0.6 is 23.8 Å². The highest BCUT2D eigenvalue weighted by atomic mass is 35.5. The number of benzene rings is 1. The van der Waals surface area contributed by atoms with Crippen molar-refractivity contribution in [2.24, 2.45) is 0 Å². The molecule has 0 aliphatic rings. The Bertz CT molecular complexity index is 508. The van der Waals surface area contributed by atoms with Crippen molar-refractivity contribution in [1.29, 1.82) is 0 Å². The molecule has 0 saturated heterocycles. The van der Waals surface area contributed by atoms with E-state index >= 15 is 0 Å². The lowest BCUT2D eigenvalue weighted by Crippen LogP contribution is -2.43. The van der Waals surface area contributed by atoms with Gasteiger partial charge in [0, 0.05) is 17.1 Å². The summed E-state index contributed by atoms with van der Waals surface area (Å²) in [6.45, 7) is 2.01. The quantitative estimate of drug-likeness (QED) is 0.435. The first-order valence-electron chi connectivity index (χ1n) is 6.28. The molecule has 3 N–H and O–H groups in total. The van der Waals surface area contributed by atoms with Crippen molar-refractivity contribution < 1.29 is 14.3 Å². The molecule has 8 heteroatoms. The van der Waals surface area contributed by atoms with Crippen molar-refractivity contribution in [3.05, 3.63) is 29.3 Å². The summed E-state index contributed by atoms with van der Waals surface area (Å²) in [5, 5.41) is 3.71. The molecule has 21 heavy (non-hydrogen) atoms. The van der Waals surface area contributed by atoms with E-state index in [0.717, 1.165) is 5.69 Å². The number of nitrogens with one attached hydrogen (secondary N) is 3. The number of esters is 1. The number of carbonyl (C=O) groups is 2. The van der Waals surface area contributed by atoms with Crippen LogP contribution in [0.25, 0.3) is 0 Å². The third-order valence-corrected chi connectivity index (χ3v) is 2.74. The number of rotatable bonds is 5. The number of hydrazine groups is 1. The molecule has 0 fully saturated rings. The van der Waals surface area contributed by atoms with Gasteiger partial charge in [0.2, 0.25) is 5.91 Å². The molecule has 0 aliphatic carbocycles. The summed E-state index contributed by atoms with van der Waals surface area (Å²) in [6, 6.07) is 6.92. The van der Waals surface area contributed by atoms with E-state index in [1.165, 1.54) is 0 Å². The Kier molecular flexibility index (Phi) is 7.49. The van der Waals surface area contributed by atoms with E-state index < -0.39 is 5.97 Å². The molecule has 1 aromatic carbocycles. The average Bonchev–Trinajstić information content (AvgIpc) is 2.46. The molecule has 1 amide bonds. The van der Waals surface area contributed by atoms with Gasteiger partial charge in [0.25, 0.3) is 0 Å². The molecule has 114 valence electrons. The number of anilines is 1. The van der Waals surface area contributed by atoms with Gasteiger partial charge in [0.1, 0.15) is 0 Å². The minimum Gasteiger partial charge on any atom is -0.466 e. The molecule has 0 atom stereocenters. The van der Waals surface area contributed by atoms with E-state index in [2.05, 4.69) is 16.2 Å². The maximum absolute atomic E-state index is 11.5. The Morgan fingerprint density at radius 2 is 1.86 bits per heavy atom. The van der Waals surface area contributed by atoms with E-state index in [9.17, 15) is 9.59 Å². The normalized spacial score (nSPS) is 9.62. The van der Waals surface area contributed by atoms with Gasteiger partial charge in [-0.3, -0.25) is 20.4 Å². The Balaban J connectivity index is 2.24. The van der Waals surface area contributed by atoms with Gasteiger partial charge in [-0.2, -0.15) is 0 Å². The second-order valence-corrected chi connectivity index (χ2v) is 4.78. The summed E-state index contributed by atoms with van der Waals surface area (Å²) in [7, 11) is 0. The van der Waals surface area contributed by atoms with Crippen LogP contribution in [0.15, 0.2) is 24.3 Å². The average molecular weight is 330 g/mol. The van der Waals surface area contributed by atoms with Crippen LogP contribution in [0.5, 0.6) is 0 Å². The van der Waals surface area contributed by atoms with Crippen LogP contribution in [0.4, 0.5) is 5.69 Å². The smallest absolute Gasteiger partial charge is 0.306 e. The van der Waals surface area contributed by atoms with Crippen molar-refractivity contribution in [2.45, 2.75) is 19.8 Å². The number of ether oxygens (including phenoxy) is 1. The zero-order chi connectivity index (χ0) is 15.7. The predicted molar refractivity (Wildman–Crippen MR) is 84.8 cm³/mol. The lowest BCUT2D eigenvalue weighted by atomic mass is 10.3. The Morgan fingerprint density at radius 3 is 2.48 bits per heavy atom. The van der Waals surface area contributed by atoms with E-state index in [0.29, 0.717) is 11.6 Å². The standard InChI is InChI=1S/C13H16ClN3O3S/c1-2-20-12(19)8-7-11(18)16-17-13(21)15-10-5-3-9(14)4-6-10/h3-6H,2,7-8H2,1H3,(H,16,18)(H2,15,17,21). The molecular formula is C13H16ClN3O3S. The van der Waals surface area contributed by atoms with Gasteiger partial charge in [-0.25, -0.2) is 0 Å². The first-order valence-corrected chi connectivity index (χ1v) is 7.07. The summed E-state index contributed by atoms with van der Waals surface area (Å²) in [5.41, 5.74) is 5.66. The highest BCUT2D eigenvalue weighted by Gasteiger charge is 2.07. The lowest BCUT2D eigenvalue weighted by Gasteiger charge is -2.11. The van der Waals surface area contributed by atoms with E-state index in [1.54, 1.807) is 31.2 Å². The van der Waals surface area contributed by atoms with Crippen molar-refractivity contribution >= 4 is 46.5 Å². The van der Waals surface area contributed by atoms with Crippen molar-refractivity contribution in [3.63, 3.8) is 0 Å². The van der Waals surface area contributed by atoms with Crippen molar-refractivity contribution in [2.75, 3.05) is 11.9 Å². The second kappa shape index (κ2) is 9.15. The molecule has 1 aromatic rings. The van der Waals surface area contributed by atoms with Crippen LogP contribution in [0.3, 0.4) is 0 Å². The van der Waals surface area contributed by atoms with Crippen LogP contribution in [-0.2, 0) is 14.3 Å². The number of hydrogen-bond donors (Lipinski definition) is 3. The summed E-state index contributed by atoms with van der Waals surface area (Å²) in [6.07, 6.45) is 0.0497. The van der Waals surface area contributed by atoms with Gasteiger partial charge in [-0.1, -0.05) is 11.6 Å². The maximum Gasteiger partial charge on any atom is 0.306 e. The van der Waals surface area contributed by atoms with Crippen LogP contribution in [0, 0.1) is 0 Å². The van der Waals surface area contributed by atoms with Gasteiger partial charge in [-0.05, 0) is 43.4 Å². The molecule has 0 aromatic heterocycles. The molecule has 0 aliphatic heterocycles. The third kappa shape index (κ3) is 7.48. The molecule has 0 radical (unpaired) electrons. The minimum absolute atomic E-state index is 0.0232. The fourth-order valence-electron chi connectivity index (χ4n) is 1.33. The molecule has 1 rings (SSSR count). The van der Waals surface area contributed by atoms with Gasteiger partial charge in [0.05, 0.1) is 13.0 Å². The lowest BCUT2D eigenvalue weighted by molar-refractivity contribution is -0.144. The summed E-state index contributed by atoms with van der Waals surface area (Å²) < 4.78 is 4.72. The second-order valence-electron chi connectivity index (χ2n) is 3.94. The molecule has 0 heterocycles. The maximum atomic E-state index is 11.5. The highest BCUT2D eigenvalue weighted by molar-refractivity contribution is 7.80. The Hall–Kier alpha value is -1.86. The van der Waals surface area contributed by atoms with E-state index in [-0.39, 0.29) is 23.9 Å².